The van der Waals surface area contributed by atoms with Crippen LogP contribution in [-0.2, 0) is 11.4 Å². The van der Waals surface area contributed by atoms with E-state index in [0.717, 1.165) is 14.7 Å². The van der Waals surface area contributed by atoms with E-state index in [1.807, 2.05) is 31.2 Å². The fourth-order valence-corrected chi connectivity index (χ4v) is 4.80. The van der Waals surface area contributed by atoms with E-state index < -0.39 is 0 Å². The molecule has 1 amide bonds. The fourth-order valence-electron chi connectivity index (χ4n) is 3.18. The number of benzene rings is 3. The van der Waals surface area contributed by atoms with E-state index in [-0.39, 0.29) is 11.7 Å². The molecular weight excluding hydrogens is 566 g/mol. The van der Waals surface area contributed by atoms with Crippen LogP contribution in [0.4, 0.5) is 10.1 Å². The van der Waals surface area contributed by atoms with Crippen LogP contribution in [-0.4, -0.2) is 17.7 Å². The lowest BCUT2D eigenvalue weighted by atomic mass is 10.1. The number of halogens is 2. The SMILES string of the molecule is CCOc1cc(/C=C2/SC(=Nc3ccc(F)cc3)NC2=O)cc(I)c1OCc1ccc(C)cc1. The average Bonchev–Trinajstić information content (AvgIpc) is 3.14. The summed E-state index contributed by atoms with van der Waals surface area (Å²) in [4.78, 5) is 17.4. The number of nitrogens with zero attached hydrogens (tertiary/aromatic N) is 1. The van der Waals surface area contributed by atoms with E-state index in [1.165, 1.54) is 29.5 Å². The first kappa shape index (κ1) is 24.3. The second-order valence-electron chi connectivity index (χ2n) is 7.50. The zero-order chi connectivity index (χ0) is 24.1. The molecule has 0 spiro atoms. The zero-order valence-corrected chi connectivity index (χ0v) is 21.6. The number of amides is 1. The number of hydrogen-bond acceptors (Lipinski definition) is 5. The van der Waals surface area contributed by atoms with Gasteiger partial charge in [0.15, 0.2) is 16.7 Å². The van der Waals surface area contributed by atoms with Crippen molar-refractivity contribution in [2.75, 3.05) is 6.61 Å². The number of rotatable bonds is 7. The van der Waals surface area contributed by atoms with Crippen LogP contribution in [0.2, 0.25) is 0 Å². The summed E-state index contributed by atoms with van der Waals surface area (Å²) in [6.45, 7) is 4.88. The largest absolute Gasteiger partial charge is 0.490 e. The van der Waals surface area contributed by atoms with Crippen molar-refractivity contribution in [2.45, 2.75) is 20.5 Å². The lowest BCUT2D eigenvalue weighted by Crippen LogP contribution is -2.19. The third-order valence-electron chi connectivity index (χ3n) is 4.84. The van der Waals surface area contributed by atoms with E-state index >= 15 is 0 Å². The Morgan fingerprint density at radius 3 is 2.53 bits per heavy atom. The topological polar surface area (TPSA) is 59.9 Å². The van der Waals surface area contributed by atoms with E-state index in [1.54, 1.807) is 18.2 Å². The van der Waals surface area contributed by atoms with Crippen molar-refractivity contribution in [1.82, 2.24) is 5.32 Å². The van der Waals surface area contributed by atoms with Crippen LogP contribution in [0.5, 0.6) is 11.5 Å². The number of thioether (sulfide) groups is 1. The van der Waals surface area contributed by atoms with Gasteiger partial charge in [-0.05, 0) is 102 Å². The maximum Gasteiger partial charge on any atom is 0.264 e. The predicted octanol–water partition coefficient (Wildman–Crippen LogP) is 6.61. The minimum absolute atomic E-state index is 0.237. The van der Waals surface area contributed by atoms with Gasteiger partial charge in [-0.25, -0.2) is 9.38 Å². The minimum atomic E-state index is -0.335. The van der Waals surface area contributed by atoms with Gasteiger partial charge in [-0.2, -0.15) is 0 Å². The highest BCUT2D eigenvalue weighted by Gasteiger charge is 2.24. The molecule has 1 heterocycles. The summed E-state index contributed by atoms with van der Waals surface area (Å²) >= 11 is 3.45. The van der Waals surface area contributed by atoms with E-state index in [0.29, 0.717) is 40.5 Å². The molecule has 4 rings (SSSR count). The summed E-state index contributed by atoms with van der Waals surface area (Å²) < 4.78 is 25.9. The lowest BCUT2D eigenvalue weighted by molar-refractivity contribution is -0.115. The van der Waals surface area contributed by atoms with Crippen LogP contribution >= 0.6 is 34.4 Å². The van der Waals surface area contributed by atoms with Crippen molar-refractivity contribution in [3.05, 3.63) is 91.6 Å². The minimum Gasteiger partial charge on any atom is -0.490 e. The van der Waals surface area contributed by atoms with Gasteiger partial charge >= 0.3 is 0 Å². The van der Waals surface area contributed by atoms with Gasteiger partial charge in [0.25, 0.3) is 5.91 Å². The van der Waals surface area contributed by atoms with Gasteiger partial charge in [0, 0.05) is 0 Å². The lowest BCUT2D eigenvalue weighted by Gasteiger charge is -2.15. The second kappa shape index (κ2) is 11.1. The number of aryl methyl sites for hydroxylation is 1. The molecule has 0 bridgehead atoms. The van der Waals surface area contributed by atoms with Crippen LogP contribution in [0.1, 0.15) is 23.6 Å². The number of carbonyl (C=O) groups excluding carboxylic acids is 1. The molecule has 0 unspecified atom stereocenters. The molecule has 174 valence electrons. The molecule has 0 saturated carbocycles. The van der Waals surface area contributed by atoms with Crippen LogP contribution in [0.15, 0.2) is 70.6 Å². The Morgan fingerprint density at radius 1 is 1.09 bits per heavy atom. The average molecular weight is 588 g/mol. The summed E-state index contributed by atoms with van der Waals surface area (Å²) in [5.41, 5.74) is 3.65. The van der Waals surface area contributed by atoms with E-state index in [2.05, 4.69) is 52.0 Å². The van der Waals surface area contributed by atoms with Gasteiger partial charge in [-0.3, -0.25) is 4.79 Å². The Balaban J connectivity index is 1.54. The van der Waals surface area contributed by atoms with E-state index in [9.17, 15) is 9.18 Å². The molecule has 1 fully saturated rings. The predicted molar refractivity (Wildman–Crippen MR) is 143 cm³/mol. The second-order valence-corrected chi connectivity index (χ2v) is 9.69. The van der Waals surface area contributed by atoms with E-state index in [4.69, 9.17) is 9.47 Å². The molecule has 1 aliphatic rings. The molecule has 1 saturated heterocycles. The standard InChI is InChI=1S/C26H22FIN2O3S/c1-3-32-22-13-18(12-21(28)24(22)33-15-17-6-4-16(2)5-7-17)14-23-25(31)30-26(34-23)29-20-10-8-19(27)9-11-20/h4-14H,3,15H2,1-2H3,(H,29,30,31)/b23-14+. The normalized spacial score (nSPS) is 15.6. The number of nitrogens with one attached hydrogen (secondary N) is 1. The molecule has 8 heteroatoms. The molecule has 0 radical (unpaired) electrons. The highest BCUT2D eigenvalue weighted by Crippen LogP contribution is 2.37. The Labute approximate surface area is 215 Å². The maximum absolute atomic E-state index is 13.1. The zero-order valence-electron chi connectivity index (χ0n) is 18.6. The molecule has 0 atom stereocenters. The first-order valence-electron chi connectivity index (χ1n) is 10.6. The summed E-state index contributed by atoms with van der Waals surface area (Å²) in [5, 5.41) is 3.19. The van der Waals surface area contributed by atoms with Crippen molar-refractivity contribution >= 4 is 57.2 Å². The van der Waals surface area contributed by atoms with Gasteiger partial charge in [0.1, 0.15) is 12.4 Å². The van der Waals surface area contributed by atoms with Gasteiger partial charge in [-0.15, -0.1) is 0 Å². The van der Waals surface area contributed by atoms with Crippen LogP contribution in [0, 0.1) is 16.3 Å². The number of hydrogen-bond donors (Lipinski definition) is 1. The van der Waals surface area contributed by atoms with Gasteiger partial charge in [0.05, 0.1) is 20.8 Å². The monoisotopic (exact) mass is 588 g/mol. The molecule has 3 aromatic rings. The molecule has 0 aromatic heterocycles. The first-order valence-corrected chi connectivity index (χ1v) is 12.5. The summed E-state index contributed by atoms with van der Waals surface area (Å²) in [6, 6.07) is 17.8. The Morgan fingerprint density at radius 2 is 1.82 bits per heavy atom. The number of carbonyl (C=O) groups is 1. The quantitative estimate of drug-likeness (QED) is 0.250. The summed E-state index contributed by atoms with van der Waals surface area (Å²) in [7, 11) is 0. The molecular formula is C26H22FIN2O3S. The summed E-state index contributed by atoms with van der Waals surface area (Å²) in [6.07, 6.45) is 1.79. The number of amidine groups is 1. The van der Waals surface area contributed by atoms with Crippen molar-refractivity contribution in [3.8, 4) is 11.5 Å². The van der Waals surface area contributed by atoms with Crippen molar-refractivity contribution in [2.24, 2.45) is 4.99 Å². The Bertz CT molecular complexity index is 1260. The Hall–Kier alpha value is -2.85. The highest BCUT2D eigenvalue weighted by atomic mass is 127. The van der Waals surface area contributed by atoms with Crippen LogP contribution < -0.4 is 14.8 Å². The molecule has 5 nitrogen and oxygen atoms in total. The van der Waals surface area contributed by atoms with Gasteiger partial charge in [0.2, 0.25) is 0 Å². The van der Waals surface area contributed by atoms with Gasteiger partial charge in [-0.1, -0.05) is 29.8 Å². The molecule has 3 aromatic carbocycles. The first-order chi connectivity index (χ1) is 16.4. The Kier molecular flexibility index (Phi) is 7.89. The number of aliphatic imine (C=N–C) groups is 1. The summed E-state index contributed by atoms with van der Waals surface area (Å²) in [5.74, 6) is 0.724. The smallest absolute Gasteiger partial charge is 0.264 e. The van der Waals surface area contributed by atoms with Crippen LogP contribution in [0.25, 0.3) is 6.08 Å². The maximum atomic E-state index is 13.1. The fraction of sp³-hybridized carbons (Fsp3) is 0.154. The molecule has 1 N–H and O–H groups in total. The molecule has 34 heavy (non-hydrogen) atoms. The van der Waals surface area contributed by atoms with Crippen molar-refractivity contribution in [3.63, 3.8) is 0 Å². The third-order valence-corrected chi connectivity index (χ3v) is 6.55. The van der Waals surface area contributed by atoms with Gasteiger partial charge < -0.3 is 14.8 Å². The van der Waals surface area contributed by atoms with Crippen molar-refractivity contribution in [1.29, 1.82) is 0 Å². The van der Waals surface area contributed by atoms with Crippen LogP contribution in [0.3, 0.4) is 0 Å². The molecule has 1 aliphatic heterocycles. The number of ether oxygens (including phenoxy) is 2. The third kappa shape index (κ3) is 6.18. The van der Waals surface area contributed by atoms with Crippen molar-refractivity contribution < 1.29 is 18.7 Å². The highest BCUT2D eigenvalue weighted by molar-refractivity contribution is 14.1. The molecule has 0 aliphatic carbocycles.